The molecule has 0 aliphatic rings. The first kappa shape index (κ1) is 12.9. The molecule has 1 rings (SSSR count). The van der Waals surface area contributed by atoms with Crippen LogP contribution < -0.4 is 11.1 Å². The molecule has 0 heterocycles. The monoisotopic (exact) mass is 228 g/mol. The Morgan fingerprint density at radius 1 is 1.44 bits per heavy atom. The summed E-state index contributed by atoms with van der Waals surface area (Å²) in [7, 11) is 1.65. The van der Waals surface area contributed by atoms with Crippen molar-refractivity contribution in [1.29, 1.82) is 0 Å². The summed E-state index contributed by atoms with van der Waals surface area (Å²) < 4.78 is 13.2. The van der Waals surface area contributed by atoms with Crippen LogP contribution in [0.25, 0.3) is 0 Å². The predicted molar refractivity (Wildman–Crippen MR) is 60.4 cm³/mol. The molecule has 0 amide bonds. The minimum Gasteiger partial charge on any atom is -0.398 e. The average Bonchev–Trinajstić information content (AvgIpc) is 2.22. The van der Waals surface area contributed by atoms with Crippen LogP contribution in [0.5, 0.6) is 0 Å². The van der Waals surface area contributed by atoms with E-state index in [0.29, 0.717) is 11.3 Å². The van der Waals surface area contributed by atoms with Crippen LogP contribution in [-0.4, -0.2) is 29.9 Å². The van der Waals surface area contributed by atoms with Gasteiger partial charge in [-0.3, -0.25) is 0 Å². The molecular formula is C11H17FN2O2. The van der Waals surface area contributed by atoms with Gasteiger partial charge in [-0.1, -0.05) is 0 Å². The van der Waals surface area contributed by atoms with Gasteiger partial charge in [-0.25, -0.2) is 4.39 Å². The van der Waals surface area contributed by atoms with Crippen molar-refractivity contribution in [2.24, 2.45) is 0 Å². The van der Waals surface area contributed by atoms with Crippen LogP contribution in [0.4, 0.5) is 10.1 Å². The Kier molecular flexibility index (Phi) is 4.23. The lowest BCUT2D eigenvalue weighted by molar-refractivity contribution is 0.0205. The van der Waals surface area contributed by atoms with E-state index in [0.717, 1.165) is 6.07 Å². The third kappa shape index (κ3) is 2.69. The second-order valence-corrected chi connectivity index (χ2v) is 3.80. The van der Waals surface area contributed by atoms with Gasteiger partial charge in [-0.2, -0.15) is 0 Å². The zero-order chi connectivity index (χ0) is 12.3. The summed E-state index contributed by atoms with van der Waals surface area (Å²) in [6.07, 6.45) is -2.21. The maximum absolute atomic E-state index is 13.2. The predicted octanol–water partition coefficient (Wildman–Crippen LogP) is 0.330. The zero-order valence-corrected chi connectivity index (χ0v) is 9.37. The number of halogens is 1. The SMILES string of the molecule is CNCC(O)C(O)c1cc(F)cc(C)c1N. The van der Waals surface area contributed by atoms with E-state index in [2.05, 4.69) is 5.32 Å². The van der Waals surface area contributed by atoms with Crippen molar-refractivity contribution < 1.29 is 14.6 Å². The lowest BCUT2D eigenvalue weighted by atomic mass is 9.99. The first-order valence-corrected chi connectivity index (χ1v) is 5.03. The largest absolute Gasteiger partial charge is 0.398 e. The number of nitrogens with one attached hydrogen (secondary N) is 1. The van der Waals surface area contributed by atoms with E-state index >= 15 is 0 Å². The van der Waals surface area contributed by atoms with Crippen molar-refractivity contribution in [3.63, 3.8) is 0 Å². The first-order chi connectivity index (χ1) is 7.47. The number of aliphatic hydroxyl groups excluding tert-OH is 2. The highest BCUT2D eigenvalue weighted by Gasteiger charge is 2.21. The molecule has 0 aromatic heterocycles. The van der Waals surface area contributed by atoms with Crippen LogP contribution in [0, 0.1) is 12.7 Å². The molecule has 0 saturated carbocycles. The lowest BCUT2D eigenvalue weighted by Gasteiger charge is -2.20. The van der Waals surface area contributed by atoms with Crippen LogP contribution >= 0.6 is 0 Å². The summed E-state index contributed by atoms with van der Waals surface area (Å²) in [5, 5.41) is 22.1. The number of nitrogen functional groups attached to an aromatic ring is 1. The van der Waals surface area contributed by atoms with Crippen molar-refractivity contribution in [3.8, 4) is 0 Å². The molecule has 0 spiro atoms. The van der Waals surface area contributed by atoms with E-state index in [1.165, 1.54) is 6.07 Å². The highest BCUT2D eigenvalue weighted by molar-refractivity contribution is 5.54. The van der Waals surface area contributed by atoms with Crippen LogP contribution in [0.1, 0.15) is 17.2 Å². The highest BCUT2D eigenvalue weighted by atomic mass is 19.1. The van der Waals surface area contributed by atoms with Crippen LogP contribution in [0.3, 0.4) is 0 Å². The molecule has 0 radical (unpaired) electrons. The molecule has 90 valence electrons. The third-order valence-corrected chi connectivity index (χ3v) is 2.48. The van der Waals surface area contributed by atoms with Crippen molar-refractivity contribution in [3.05, 3.63) is 29.1 Å². The molecule has 1 aromatic carbocycles. The number of hydrogen-bond donors (Lipinski definition) is 4. The molecule has 0 saturated heterocycles. The van der Waals surface area contributed by atoms with Gasteiger partial charge in [0.2, 0.25) is 0 Å². The van der Waals surface area contributed by atoms with Crippen molar-refractivity contribution in [2.75, 3.05) is 19.3 Å². The summed E-state index contributed by atoms with van der Waals surface area (Å²) in [5.74, 6) is -0.475. The molecule has 16 heavy (non-hydrogen) atoms. The van der Waals surface area contributed by atoms with Crippen LogP contribution in [-0.2, 0) is 0 Å². The lowest BCUT2D eigenvalue weighted by Crippen LogP contribution is -2.30. The number of benzene rings is 1. The summed E-state index contributed by atoms with van der Waals surface area (Å²) >= 11 is 0. The summed E-state index contributed by atoms with van der Waals surface area (Å²) in [4.78, 5) is 0. The second kappa shape index (κ2) is 5.25. The number of rotatable bonds is 4. The Bertz CT molecular complexity index is 371. The van der Waals surface area contributed by atoms with Crippen molar-refractivity contribution in [2.45, 2.75) is 19.1 Å². The van der Waals surface area contributed by atoms with Gasteiger partial charge < -0.3 is 21.3 Å². The normalized spacial score (nSPS) is 14.8. The van der Waals surface area contributed by atoms with Gasteiger partial charge in [0.1, 0.15) is 11.9 Å². The third-order valence-electron chi connectivity index (χ3n) is 2.48. The molecule has 0 bridgehead atoms. The standard InChI is InChI=1S/C11H17FN2O2/c1-6-3-7(12)4-8(10(6)13)11(16)9(15)5-14-2/h3-4,9,11,14-16H,5,13H2,1-2H3. The number of likely N-dealkylation sites (N-methyl/N-ethyl adjacent to an activating group) is 1. The number of anilines is 1. The van der Waals surface area contributed by atoms with Gasteiger partial charge in [0.25, 0.3) is 0 Å². The van der Waals surface area contributed by atoms with E-state index in [1.807, 2.05) is 0 Å². The molecule has 4 nitrogen and oxygen atoms in total. The Hall–Kier alpha value is -1.17. The summed E-state index contributed by atoms with van der Waals surface area (Å²) in [5.41, 5.74) is 6.81. The molecule has 0 aliphatic heterocycles. The molecule has 0 aliphatic carbocycles. The molecule has 0 fully saturated rings. The van der Waals surface area contributed by atoms with E-state index in [1.54, 1.807) is 14.0 Å². The Labute approximate surface area is 93.9 Å². The molecule has 1 aromatic rings. The number of nitrogens with two attached hydrogens (primary N) is 1. The number of hydrogen-bond acceptors (Lipinski definition) is 4. The minimum absolute atomic E-state index is 0.205. The molecular weight excluding hydrogens is 211 g/mol. The topological polar surface area (TPSA) is 78.5 Å². The maximum atomic E-state index is 13.2. The molecule has 5 N–H and O–H groups in total. The second-order valence-electron chi connectivity index (χ2n) is 3.80. The Morgan fingerprint density at radius 3 is 2.62 bits per heavy atom. The summed E-state index contributed by atoms with van der Waals surface area (Å²) in [6, 6.07) is 2.43. The number of aliphatic hydroxyl groups is 2. The van der Waals surface area contributed by atoms with Crippen molar-refractivity contribution >= 4 is 5.69 Å². The average molecular weight is 228 g/mol. The van der Waals surface area contributed by atoms with Gasteiger partial charge in [-0.05, 0) is 31.7 Å². The fourth-order valence-electron chi connectivity index (χ4n) is 1.55. The smallest absolute Gasteiger partial charge is 0.123 e. The Morgan fingerprint density at radius 2 is 2.06 bits per heavy atom. The van der Waals surface area contributed by atoms with Crippen LogP contribution in [0.15, 0.2) is 12.1 Å². The van der Waals surface area contributed by atoms with E-state index in [4.69, 9.17) is 5.73 Å². The molecule has 2 atom stereocenters. The van der Waals surface area contributed by atoms with Gasteiger partial charge in [-0.15, -0.1) is 0 Å². The van der Waals surface area contributed by atoms with Gasteiger partial charge in [0.15, 0.2) is 0 Å². The number of aryl methyl sites for hydroxylation is 1. The fraction of sp³-hybridized carbons (Fsp3) is 0.455. The van der Waals surface area contributed by atoms with E-state index in [-0.39, 0.29) is 12.1 Å². The molecule has 5 heteroatoms. The van der Waals surface area contributed by atoms with Crippen LogP contribution in [0.2, 0.25) is 0 Å². The van der Waals surface area contributed by atoms with Gasteiger partial charge in [0, 0.05) is 17.8 Å². The van der Waals surface area contributed by atoms with Gasteiger partial charge in [0.05, 0.1) is 6.10 Å². The Balaban J connectivity index is 3.03. The fourth-order valence-corrected chi connectivity index (χ4v) is 1.55. The first-order valence-electron chi connectivity index (χ1n) is 5.03. The molecule has 2 unspecified atom stereocenters. The maximum Gasteiger partial charge on any atom is 0.123 e. The zero-order valence-electron chi connectivity index (χ0n) is 9.37. The quantitative estimate of drug-likeness (QED) is 0.560. The summed E-state index contributed by atoms with van der Waals surface area (Å²) in [6.45, 7) is 1.86. The highest BCUT2D eigenvalue weighted by Crippen LogP contribution is 2.27. The van der Waals surface area contributed by atoms with E-state index in [9.17, 15) is 14.6 Å². The van der Waals surface area contributed by atoms with Gasteiger partial charge >= 0.3 is 0 Å². The van der Waals surface area contributed by atoms with Crippen molar-refractivity contribution in [1.82, 2.24) is 5.32 Å². The minimum atomic E-state index is -1.19. The van der Waals surface area contributed by atoms with E-state index < -0.39 is 18.0 Å².